The van der Waals surface area contributed by atoms with Gasteiger partial charge in [0.1, 0.15) is 23.8 Å². The highest BCUT2D eigenvalue weighted by Crippen LogP contribution is 2.15. The minimum absolute atomic E-state index is 0.0382. The van der Waals surface area contributed by atoms with Gasteiger partial charge in [-0.3, -0.25) is 4.55 Å². The topological polar surface area (TPSA) is 63.2 Å². The third kappa shape index (κ3) is 3.26. The molecule has 108 valence electrons. The van der Waals surface area contributed by atoms with Crippen molar-refractivity contribution in [2.24, 2.45) is 0 Å². The molecule has 1 aromatic heterocycles. The highest BCUT2D eigenvalue weighted by Gasteiger charge is 2.17. The van der Waals surface area contributed by atoms with Gasteiger partial charge in [-0.25, -0.2) is 9.13 Å². The van der Waals surface area contributed by atoms with Gasteiger partial charge in [0, 0.05) is 5.56 Å². The van der Waals surface area contributed by atoms with Crippen molar-refractivity contribution in [3.63, 3.8) is 0 Å². The molecule has 0 spiro atoms. The second-order valence-electron chi connectivity index (χ2n) is 4.87. The van der Waals surface area contributed by atoms with Gasteiger partial charge < -0.3 is 0 Å². The molecule has 1 atom stereocenters. The van der Waals surface area contributed by atoms with Crippen LogP contribution in [0.1, 0.15) is 31.9 Å². The molecule has 1 N–H and O–H groups in total. The predicted octanol–water partition coefficient (Wildman–Crippen LogP) is 2.04. The van der Waals surface area contributed by atoms with Crippen LogP contribution in [0.15, 0.2) is 47.9 Å². The number of rotatable bonds is 5. The van der Waals surface area contributed by atoms with Gasteiger partial charge >= 0.3 is 0 Å². The van der Waals surface area contributed by atoms with Crippen LogP contribution in [-0.4, -0.2) is 17.5 Å². The van der Waals surface area contributed by atoms with Gasteiger partial charge in [-0.05, 0) is 19.4 Å². The van der Waals surface area contributed by atoms with E-state index in [4.69, 9.17) is 0 Å². The molecule has 1 unspecified atom stereocenters. The summed E-state index contributed by atoms with van der Waals surface area (Å²) in [6, 6.07) is 6.87. The maximum atomic E-state index is 11.3. The minimum atomic E-state index is -4.19. The fourth-order valence-electron chi connectivity index (χ4n) is 2.06. The molecule has 0 amide bonds. The summed E-state index contributed by atoms with van der Waals surface area (Å²) in [4.78, 5) is -0.0382. The number of nitrogens with zero attached hydrogens (tertiary/aromatic N) is 2. The normalized spacial score (nSPS) is 13.3. The number of aromatic nitrogens is 2. The molecule has 20 heavy (non-hydrogen) atoms. The molecule has 0 radical (unpaired) electrons. The van der Waals surface area contributed by atoms with E-state index in [-0.39, 0.29) is 4.90 Å². The molecule has 5 nitrogen and oxygen atoms in total. The summed E-state index contributed by atoms with van der Waals surface area (Å²) in [6.07, 6.45) is 6.82. The van der Waals surface area contributed by atoms with Crippen LogP contribution in [0, 0.1) is 0 Å². The lowest BCUT2D eigenvalue weighted by molar-refractivity contribution is -0.688. The van der Waals surface area contributed by atoms with Gasteiger partial charge in [0.05, 0.1) is 6.04 Å². The molecule has 1 heterocycles. The highest BCUT2D eigenvalue weighted by atomic mass is 32.2. The van der Waals surface area contributed by atoms with E-state index >= 15 is 0 Å². The average molecular weight is 295 g/mol. The first-order chi connectivity index (χ1) is 9.41. The predicted molar refractivity (Wildman–Crippen MR) is 75.0 cm³/mol. The van der Waals surface area contributed by atoms with Crippen LogP contribution in [0.25, 0.3) is 0 Å². The van der Waals surface area contributed by atoms with Crippen molar-refractivity contribution in [3.05, 3.63) is 48.5 Å². The lowest BCUT2D eigenvalue weighted by atomic mass is 10.2. The summed E-state index contributed by atoms with van der Waals surface area (Å²) in [5.41, 5.74) is 0.571. The first kappa shape index (κ1) is 14.7. The molecule has 2 rings (SSSR count). The molecule has 0 aliphatic carbocycles. The van der Waals surface area contributed by atoms with Crippen molar-refractivity contribution in [2.45, 2.75) is 37.8 Å². The van der Waals surface area contributed by atoms with E-state index in [2.05, 4.69) is 18.4 Å². The Morgan fingerprint density at radius 2 is 2.05 bits per heavy atom. The Labute approximate surface area is 119 Å². The van der Waals surface area contributed by atoms with Gasteiger partial charge in [-0.1, -0.05) is 25.1 Å². The fourth-order valence-corrected chi connectivity index (χ4v) is 2.77. The van der Waals surface area contributed by atoms with Crippen LogP contribution in [0.4, 0.5) is 0 Å². The minimum Gasteiger partial charge on any atom is -0.282 e. The zero-order valence-electron chi connectivity index (χ0n) is 11.6. The number of imidazole rings is 1. The van der Waals surface area contributed by atoms with E-state index in [0.717, 1.165) is 6.42 Å². The smallest absolute Gasteiger partial charge is 0.282 e. The molecule has 1 aromatic carbocycles. The maximum Gasteiger partial charge on any atom is 0.294 e. The molecule has 6 heteroatoms. The Balaban J connectivity index is 2.29. The van der Waals surface area contributed by atoms with Gasteiger partial charge in [-0.2, -0.15) is 8.42 Å². The zero-order valence-corrected chi connectivity index (χ0v) is 12.4. The lowest BCUT2D eigenvalue weighted by Gasteiger charge is -2.05. The van der Waals surface area contributed by atoms with Gasteiger partial charge in [0.25, 0.3) is 10.1 Å². The fraction of sp³-hybridized carbons (Fsp3) is 0.357. The van der Waals surface area contributed by atoms with Gasteiger partial charge in [-0.15, -0.1) is 0 Å². The van der Waals surface area contributed by atoms with E-state index in [9.17, 15) is 13.0 Å². The lowest BCUT2D eigenvalue weighted by Crippen LogP contribution is -2.32. The molecular formula is C14H19N2O3S+. The summed E-state index contributed by atoms with van der Waals surface area (Å²) >= 11 is 0. The second-order valence-corrected chi connectivity index (χ2v) is 6.26. The Hall–Kier alpha value is -1.66. The Kier molecular flexibility index (Phi) is 4.25. The Bertz CT molecular complexity index is 692. The first-order valence-corrected chi connectivity index (χ1v) is 7.97. The average Bonchev–Trinajstić information content (AvgIpc) is 2.86. The van der Waals surface area contributed by atoms with Gasteiger partial charge in [0.15, 0.2) is 0 Å². The monoisotopic (exact) mass is 295 g/mol. The Morgan fingerprint density at radius 1 is 1.35 bits per heavy atom. The molecule has 0 aliphatic rings. The van der Waals surface area contributed by atoms with Crippen molar-refractivity contribution in [2.75, 3.05) is 0 Å². The molecule has 0 aliphatic heterocycles. The summed E-state index contributed by atoms with van der Waals surface area (Å²) in [5.74, 6) is 0. The third-order valence-corrected chi connectivity index (χ3v) is 4.37. The number of hydrogen-bond acceptors (Lipinski definition) is 2. The van der Waals surface area contributed by atoms with E-state index in [1.165, 1.54) is 6.07 Å². The van der Waals surface area contributed by atoms with E-state index < -0.39 is 10.1 Å². The van der Waals surface area contributed by atoms with Crippen LogP contribution in [-0.2, 0) is 16.7 Å². The zero-order chi connectivity index (χ0) is 14.8. The summed E-state index contributed by atoms with van der Waals surface area (Å²) < 4.78 is 35.9. The van der Waals surface area contributed by atoms with Crippen LogP contribution in [0.5, 0.6) is 0 Å². The number of hydrogen-bond donors (Lipinski definition) is 1. The van der Waals surface area contributed by atoms with Gasteiger partial charge in [0.2, 0.25) is 6.33 Å². The summed E-state index contributed by atoms with van der Waals surface area (Å²) in [7, 11) is -4.19. The van der Waals surface area contributed by atoms with Crippen LogP contribution in [0.3, 0.4) is 0 Å². The van der Waals surface area contributed by atoms with Crippen molar-refractivity contribution >= 4 is 10.1 Å². The molecule has 0 saturated heterocycles. The Morgan fingerprint density at radius 3 is 2.70 bits per heavy atom. The standard InChI is InChI=1S/C14H18N2O3S/c1-3-12(2)16-9-8-15(11-16)10-13-6-4-5-7-14(13)20(17,18)19/h4-9,11-12H,3,10H2,1-2H3/p+1. The molecule has 0 bridgehead atoms. The first-order valence-electron chi connectivity index (χ1n) is 6.53. The molecule has 0 saturated carbocycles. The number of benzene rings is 1. The maximum absolute atomic E-state index is 11.3. The van der Waals surface area contributed by atoms with Crippen LogP contribution < -0.4 is 4.57 Å². The van der Waals surface area contributed by atoms with E-state index in [1.54, 1.807) is 18.2 Å². The molecule has 0 fully saturated rings. The van der Waals surface area contributed by atoms with Crippen LogP contribution in [0.2, 0.25) is 0 Å². The quantitative estimate of drug-likeness (QED) is 0.678. The van der Waals surface area contributed by atoms with Crippen molar-refractivity contribution in [1.29, 1.82) is 0 Å². The molecular weight excluding hydrogens is 276 g/mol. The summed E-state index contributed by atoms with van der Waals surface area (Å²) in [5, 5.41) is 0. The largest absolute Gasteiger partial charge is 0.294 e. The van der Waals surface area contributed by atoms with Crippen molar-refractivity contribution in [1.82, 2.24) is 4.57 Å². The highest BCUT2D eigenvalue weighted by molar-refractivity contribution is 7.85. The third-order valence-electron chi connectivity index (χ3n) is 3.42. The van der Waals surface area contributed by atoms with E-state index in [1.807, 2.05) is 23.3 Å². The second kappa shape index (κ2) is 5.76. The van der Waals surface area contributed by atoms with E-state index in [0.29, 0.717) is 18.2 Å². The van der Waals surface area contributed by atoms with Crippen molar-refractivity contribution < 1.29 is 17.5 Å². The van der Waals surface area contributed by atoms with Crippen molar-refractivity contribution in [3.8, 4) is 0 Å². The summed E-state index contributed by atoms with van der Waals surface area (Å²) in [6.45, 7) is 4.64. The van der Waals surface area contributed by atoms with Crippen LogP contribution >= 0.6 is 0 Å². The molecule has 2 aromatic rings. The SMILES string of the molecule is CCC(C)n1cc[n+](Cc2ccccc2S(=O)(=O)O)c1.